The number of halogens is 3. The predicted octanol–water partition coefficient (Wildman–Crippen LogP) is 1.90. The first-order valence-corrected chi connectivity index (χ1v) is 3.81. The minimum Gasteiger partial charge on any atom is -0.501 e. The molecule has 6 nitrogen and oxygen atoms in total. The molecule has 0 fully saturated rings. The molecule has 0 unspecified atom stereocenters. The summed E-state index contributed by atoms with van der Waals surface area (Å²) in [5, 5.41) is 19.5. The van der Waals surface area contributed by atoms with Gasteiger partial charge in [0, 0.05) is 16.6 Å². The summed E-state index contributed by atoms with van der Waals surface area (Å²) < 4.78 is 38.8. The Morgan fingerprint density at radius 2 is 2.12 bits per heavy atom. The van der Waals surface area contributed by atoms with Crippen molar-refractivity contribution in [3.8, 4) is 11.6 Å². The quantitative estimate of drug-likeness (QED) is 0.628. The lowest BCUT2D eigenvalue weighted by molar-refractivity contribution is -0.391. The maximum absolute atomic E-state index is 11.8. The SMILES string of the molecule is Cc1cc(OC(F)(F)F)nc([N+](=O)[O-])c1O. The number of nitro groups is 1. The van der Waals surface area contributed by atoms with Crippen LogP contribution in [-0.4, -0.2) is 21.4 Å². The molecule has 0 aliphatic carbocycles. The predicted molar refractivity (Wildman–Crippen MR) is 44.0 cm³/mol. The van der Waals surface area contributed by atoms with Gasteiger partial charge in [-0.3, -0.25) is 0 Å². The van der Waals surface area contributed by atoms with E-state index >= 15 is 0 Å². The summed E-state index contributed by atoms with van der Waals surface area (Å²) in [6.07, 6.45) is -5.00. The lowest BCUT2D eigenvalue weighted by Gasteiger charge is -2.06. The molecule has 0 aliphatic rings. The number of ether oxygens (including phenoxy) is 1. The number of hydrogen-bond donors (Lipinski definition) is 1. The van der Waals surface area contributed by atoms with Crippen LogP contribution in [0.2, 0.25) is 0 Å². The molecule has 0 amide bonds. The van der Waals surface area contributed by atoms with Gasteiger partial charge in [-0.1, -0.05) is 0 Å². The van der Waals surface area contributed by atoms with Crippen LogP contribution in [0.4, 0.5) is 19.0 Å². The molecule has 9 heteroatoms. The smallest absolute Gasteiger partial charge is 0.501 e. The van der Waals surface area contributed by atoms with Crippen LogP contribution in [-0.2, 0) is 0 Å². The Bertz CT molecular complexity index is 432. The van der Waals surface area contributed by atoms with Gasteiger partial charge in [0.05, 0.1) is 0 Å². The van der Waals surface area contributed by atoms with Gasteiger partial charge < -0.3 is 20.0 Å². The number of rotatable bonds is 2. The fraction of sp³-hybridized carbons (Fsp3) is 0.286. The standard InChI is InChI=1S/C7H5F3N2O4/c1-3-2-4(16-7(8,9)10)11-6(5(3)13)12(14)15/h2,13H,1H3. The molecular weight excluding hydrogens is 233 g/mol. The number of aromatic hydroxyl groups is 1. The summed E-state index contributed by atoms with van der Waals surface area (Å²) in [5.41, 5.74) is -0.138. The van der Waals surface area contributed by atoms with Gasteiger partial charge in [-0.2, -0.15) is 0 Å². The second-order valence-electron chi connectivity index (χ2n) is 2.75. The van der Waals surface area contributed by atoms with Crippen molar-refractivity contribution >= 4 is 5.82 Å². The third-order valence-electron chi connectivity index (χ3n) is 1.53. The molecule has 0 spiro atoms. The van der Waals surface area contributed by atoms with Crippen molar-refractivity contribution in [3.05, 3.63) is 21.7 Å². The van der Waals surface area contributed by atoms with Crippen molar-refractivity contribution in [1.29, 1.82) is 0 Å². The maximum atomic E-state index is 11.8. The molecule has 16 heavy (non-hydrogen) atoms. The number of aryl methyl sites for hydroxylation is 1. The lowest BCUT2D eigenvalue weighted by atomic mass is 10.2. The van der Waals surface area contributed by atoms with Crippen LogP contribution in [0.5, 0.6) is 11.6 Å². The lowest BCUT2D eigenvalue weighted by Crippen LogP contribution is -2.18. The first-order chi connectivity index (χ1) is 7.20. The van der Waals surface area contributed by atoms with Gasteiger partial charge in [0.25, 0.3) is 0 Å². The van der Waals surface area contributed by atoms with Crippen LogP contribution < -0.4 is 4.74 Å². The Labute approximate surface area is 86.4 Å². The Hall–Kier alpha value is -2.06. The molecule has 0 bridgehead atoms. The molecule has 1 heterocycles. The van der Waals surface area contributed by atoms with Gasteiger partial charge in [-0.25, -0.2) is 0 Å². The van der Waals surface area contributed by atoms with Gasteiger partial charge in [0.2, 0.25) is 5.75 Å². The number of aromatic nitrogens is 1. The van der Waals surface area contributed by atoms with Crippen LogP contribution in [0.15, 0.2) is 6.07 Å². The fourth-order valence-corrected chi connectivity index (χ4v) is 0.918. The van der Waals surface area contributed by atoms with Crippen molar-refractivity contribution in [2.45, 2.75) is 13.3 Å². The van der Waals surface area contributed by atoms with Crippen LogP contribution in [0.3, 0.4) is 0 Å². The zero-order valence-corrected chi connectivity index (χ0v) is 7.78. The van der Waals surface area contributed by atoms with E-state index in [0.717, 1.165) is 6.07 Å². The van der Waals surface area contributed by atoms with E-state index < -0.39 is 28.7 Å². The monoisotopic (exact) mass is 238 g/mol. The van der Waals surface area contributed by atoms with E-state index in [1.165, 1.54) is 6.92 Å². The van der Waals surface area contributed by atoms with Crippen molar-refractivity contribution < 1.29 is 27.9 Å². The number of alkyl halides is 3. The highest BCUT2D eigenvalue weighted by Crippen LogP contribution is 2.32. The third-order valence-corrected chi connectivity index (χ3v) is 1.53. The second-order valence-corrected chi connectivity index (χ2v) is 2.75. The molecule has 0 radical (unpaired) electrons. The Balaban J connectivity index is 3.19. The first kappa shape index (κ1) is 12.0. The van der Waals surface area contributed by atoms with Gasteiger partial charge in [-0.05, 0) is 11.8 Å². The van der Waals surface area contributed by atoms with Crippen molar-refractivity contribution in [2.75, 3.05) is 0 Å². The first-order valence-electron chi connectivity index (χ1n) is 3.81. The third kappa shape index (κ3) is 2.72. The zero-order chi connectivity index (χ0) is 12.5. The molecule has 88 valence electrons. The number of pyridine rings is 1. The van der Waals surface area contributed by atoms with E-state index in [1.54, 1.807) is 0 Å². The van der Waals surface area contributed by atoms with Gasteiger partial charge in [0.15, 0.2) is 0 Å². The Kier molecular flexibility index (Phi) is 2.88. The van der Waals surface area contributed by atoms with Crippen molar-refractivity contribution in [3.63, 3.8) is 0 Å². The molecule has 1 aromatic rings. The molecule has 0 saturated heterocycles. The van der Waals surface area contributed by atoms with Crippen LogP contribution in [0.25, 0.3) is 0 Å². The highest BCUT2D eigenvalue weighted by Gasteiger charge is 2.35. The number of hydrogen-bond acceptors (Lipinski definition) is 5. The average Bonchev–Trinajstić information content (AvgIpc) is 2.07. The largest absolute Gasteiger partial charge is 0.575 e. The Morgan fingerprint density at radius 3 is 2.56 bits per heavy atom. The van der Waals surface area contributed by atoms with Crippen molar-refractivity contribution in [2.24, 2.45) is 0 Å². The molecule has 1 aromatic heterocycles. The minimum atomic E-state index is -5.00. The average molecular weight is 238 g/mol. The summed E-state index contributed by atoms with van der Waals surface area (Å²) >= 11 is 0. The summed E-state index contributed by atoms with van der Waals surface area (Å²) in [6.45, 7) is 1.19. The molecule has 1 N–H and O–H groups in total. The summed E-state index contributed by atoms with van der Waals surface area (Å²) in [7, 11) is 0. The van der Waals surface area contributed by atoms with Crippen LogP contribution in [0.1, 0.15) is 5.56 Å². The molecule has 0 aliphatic heterocycles. The van der Waals surface area contributed by atoms with E-state index in [9.17, 15) is 23.3 Å². The highest BCUT2D eigenvalue weighted by atomic mass is 19.4. The van der Waals surface area contributed by atoms with Gasteiger partial charge >= 0.3 is 18.1 Å². The molecule has 0 saturated carbocycles. The molecule has 0 aromatic carbocycles. The molecule has 1 rings (SSSR count). The second kappa shape index (κ2) is 3.83. The normalized spacial score (nSPS) is 11.2. The molecular formula is C7H5F3N2O4. The van der Waals surface area contributed by atoms with Crippen LogP contribution in [0, 0.1) is 17.0 Å². The summed E-state index contributed by atoms with van der Waals surface area (Å²) in [4.78, 5) is 12.2. The van der Waals surface area contributed by atoms with Gasteiger partial charge in [-0.15, -0.1) is 13.2 Å². The minimum absolute atomic E-state index is 0.138. The fourth-order valence-electron chi connectivity index (χ4n) is 0.918. The van der Waals surface area contributed by atoms with Crippen LogP contribution >= 0.6 is 0 Å². The summed E-state index contributed by atoms with van der Waals surface area (Å²) in [5.74, 6) is -2.87. The van der Waals surface area contributed by atoms with E-state index in [4.69, 9.17) is 5.11 Å². The maximum Gasteiger partial charge on any atom is 0.575 e. The summed E-state index contributed by atoms with van der Waals surface area (Å²) in [6, 6.07) is 0.746. The van der Waals surface area contributed by atoms with E-state index in [0.29, 0.717) is 0 Å². The van der Waals surface area contributed by atoms with Crippen molar-refractivity contribution in [1.82, 2.24) is 4.98 Å². The zero-order valence-electron chi connectivity index (χ0n) is 7.78. The molecule has 0 atom stereocenters. The topological polar surface area (TPSA) is 85.5 Å². The van der Waals surface area contributed by atoms with E-state index in [1.807, 2.05) is 0 Å². The van der Waals surface area contributed by atoms with E-state index in [2.05, 4.69) is 9.72 Å². The highest BCUT2D eigenvalue weighted by molar-refractivity contribution is 5.47. The Morgan fingerprint density at radius 1 is 1.56 bits per heavy atom. The van der Waals surface area contributed by atoms with Gasteiger partial charge in [0.1, 0.15) is 0 Å². The van der Waals surface area contributed by atoms with E-state index in [-0.39, 0.29) is 5.56 Å². The number of nitrogens with zero attached hydrogens (tertiary/aromatic N) is 2.